The second-order valence-electron chi connectivity index (χ2n) is 3.40. The molecule has 0 atom stereocenters. The zero-order chi connectivity index (χ0) is 10.9. The quantitative estimate of drug-likeness (QED) is 0.402. The van der Waals surface area contributed by atoms with Crippen LogP contribution in [0.15, 0.2) is 48.8 Å². The molecule has 0 aliphatic rings. The van der Waals surface area contributed by atoms with Crippen LogP contribution < -0.4 is 0 Å². The summed E-state index contributed by atoms with van der Waals surface area (Å²) in [5.41, 5.74) is 2.68. The summed E-state index contributed by atoms with van der Waals surface area (Å²) in [6.07, 6.45) is 8.72. The minimum Gasteiger partial charge on any atom is -0.497 e. The van der Waals surface area contributed by atoms with E-state index in [-0.39, 0.29) is 0 Å². The van der Waals surface area contributed by atoms with Gasteiger partial charge in [0, 0.05) is 0 Å². The molecule has 0 aliphatic carbocycles. The first-order chi connectivity index (χ1) is 7.34. The molecule has 0 aliphatic heterocycles. The summed E-state index contributed by atoms with van der Waals surface area (Å²) in [6, 6.07) is 8.40. The normalized spacial score (nSPS) is 11.3. The Morgan fingerprint density at radius 1 is 1.20 bits per heavy atom. The first kappa shape index (κ1) is 11.6. The number of ether oxygens (including phenoxy) is 1. The Balaban J connectivity index is 2.34. The molecule has 0 radical (unpaired) electrons. The molecule has 0 heterocycles. The van der Waals surface area contributed by atoms with Crippen molar-refractivity contribution in [3.8, 4) is 0 Å². The molecule has 0 amide bonds. The van der Waals surface area contributed by atoms with E-state index in [1.165, 1.54) is 11.1 Å². The Bertz CT molecular complexity index is 337. The second-order valence-corrected chi connectivity index (χ2v) is 3.40. The first-order valence-electron chi connectivity index (χ1n) is 5.27. The predicted octanol–water partition coefficient (Wildman–Crippen LogP) is 3.64. The van der Waals surface area contributed by atoms with Crippen LogP contribution in [0, 0.1) is 6.92 Å². The Hall–Kier alpha value is -1.50. The van der Waals surface area contributed by atoms with Gasteiger partial charge < -0.3 is 4.74 Å². The lowest BCUT2D eigenvalue weighted by atomic mass is 10.1. The van der Waals surface area contributed by atoms with Crippen LogP contribution in [0.25, 0.3) is 0 Å². The van der Waals surface area contributed by atoms with E-state index in [2.05, 4.69) is 31.2 Å². The van der Waals surface area contributed by atoms with Crippen LogP contribution >= 0.6 is 0 Å². The molecule has 1 heteroatoms. The summed E-state index contributed by atoms with van der Waals surface area (Å²) in [7, 11) is 0. The maximum absolute atomic E-state index is 5.27. The molecule has 15 heavy (non-hydrogen) atoms. The van der Waals surface area contributed by atoms with Crippen LogP contribution in [0.2, 0.25) is 0 Å². The van der Waals surface area contributed by atoms with Crippen LogP contribution in [-0.2, 0) is 11.2 Å². The monoisotopic (exact) mass is 202 g/mol. The van der Waals surface area contributed by atoms with Gasteiger partial charge in [-0.2, -0.15) is 0 Å². The van der Waals surface area contributed by atoms with Crippen molar-refractivity contribution < 1.29 is 4.74 Å². The van der Waals surface area contributed by atoms with Crippen LogP contribution in [-0.4, -0.2) is 6.61 Å². The summed E-state index contributed by atoms with van der Waals surface area (Å²) in [5.74, 6) is 0. The van der Waals surface area contributed by atoms with E-state index in [9.17, 15) is 0 Å². The van der Waals surface area contributed by atoms with Gasteiger partial charge in [-0.3, -0.25) is 0 Å². The van der Waals surface area contributed by atoms with Gasteiger partial charge in [0.1, 0.15) is 6.61 Å². The standard InChI is InChI=1S/C14H18O/c1-3-4-11-15-12-7-10-14-9-6-5-8-13(14)2/h3-9,12H,10-11H2,1-2H3. The highest BCUT2D eigenvalue weighted by Crippen LogP contribution is 2.07. The number of hydrogen-bond donors (Lipinski definition) is 0. The first-order valence-corrected chi connectivity index (χ1v) is 5.27. The molecule has 0 saturated carbocycles. The second kappa shape index (κ2) is 6.88. The van der Waals surface area contributed by atoms with Crippen molar-refractivity contribution in [2.45, 2.75) is 20.3 Å². The van der Waals surface area contributed by atoms with Crippen molar-refractivity contribution in [3.05, 3.63) is 59.9 Å². The Kier molecular flexibility index (Phi) is 5.31. The van der Waals surface area contributed by atoms with Crippen molar-refractivity contribution >= 4 is 0 Å². The van der Waals surface area contributed by atoms with Crippen molar-refractivity contribution in [2.24, 2.45) is 0 Å². The summed E-state index contributed by atoms with van der Waals surface area (Å²) >= 11 is 0. The Morgan fingerprint density at radius 2 is 2.00 bits per heavy atom. The minimum absolute atomic E-state index is 0.654. The van der Waals surface area contributed by atoms with Gasteiger partial charge in [-0.15, -0.1) is 0 Å². The largest absolute Gasteiger partial charge is 0.497 e. The molecule has 1 nitrogen and oxygen atoms in total. The van der Waals surface area contributed by atoms with E-state index in [1.807, 2.05) is 25.2 Å². The SMILES string of the molecule is CC=CCOC=CCc1ccccc1C. The highest BCUT2D eigenvalue weighted by molar-refractivity contribution is 5.27. The molecule has 0 bridgehead atoms. The summed E-state index contributed by atoms with van der Waals surface area (Å²) < 4.78 is 5.27. The predicted molar refractivity (Wildman–Crippen MR) is 64.8 cm³/mol. The number of aryl methyl sites for hydroxylation is 1. The van der Waals surface area contributed by atoms with Gasteiger partial charge in [0.15, 0.2) is 0 Å². The van der Waals surface area contributed by atoms with Gasteiger partial charge in [-0.05, 0) is 37.5 Å². The van der Waals surface area contributed by atoms with Crippen molar-refractivity contribution in [1.82, 2.24) is 0 Å². The zero-order valence-electron chi connectivity index (χ0n) is 9.44. The highest BCUT2D eigenvalue weighted by Gasteiger charge is 1.92. The molecular weight excluding hydrogens is 184 g/mol. The van der Waals surface area contributed by atoms with Gasteiger partial charge in [-0.25, -0.2) is 0 Å². The number of hydrogen-bond acceptors (Lipinski definition) is 1. The Morgan fingerprint density at radius 3 is 2.73 bits per heavy atom. The molecular formula is C14H18O. The fourth-order valence-corrected chi connectivity index (χ4v) is 1.29. The summed E-state index contributed by atoms with van der Waals surface area (Å²) in [5, 5.41) is 0. The van der Waals surface area contributed by atoms with E-state index in [0.717, 1.165) is 6.42 Å². The molecule has 0 saturated heterocycles. The smallest absolute Gasteiger partial charge is 0.105 e. The molecule has 0 fully saturated rings. The highest BCUT2D eigenvalue weighted by atomic mass is 16.5. The fraction of sp³-hybridized carbons (Fsp3) is 0.286. The van der Waals surface area contributed by atoms with Crippen LogP contribution in [0.4, 0.5) is 0 Å². The van der Waals surface area contributed by atoms with E-state index in [1.54, 1.807) is 6.26 Å². The van der Waals surface area contributed by atoms with Crippen molar-refractivity contribution in [1.29, 1.82) is 0 Å². The lowest BCUT2D eigenvalue weighted by Gasteiger charge is -2.00. The van der Waals surface area contributed by atoms with E-state index in [4.69, 9.17) is 4.74 Å². The fourth-order valence-electron chi connectivity index (χ4n) is 1.29. The van der Waals surface area contributed by atoms with E-state index < -0.39 is 0 Å². The van der Waals surface area contributed by atoms with E-state index >= 15 is 0 Å². The van der Waals surface area contributed by atoms with Gasteiger partial charge in [0.2, 0.25) is 0 Å². The average molecular weight is 202 g/mol. The third-order valence-corrected chi connectivity index (χ3v) is 2.22. The number of allylic oxidation sites excluding steroid dienone is 2. The number of rotatable bonds is 5. The third kappa shape index (κ3) is 4.50. The molecule has 0 N–H and O–H groups in total. The third-order valence-electron chi connectivity index (χ3n) is 2.22. The van der Waals surface area contributed by atoms with Gasteiger partial charge in [0.25, 0.3) is 0 Å². The van der Waals surface area contributed by atoms with Crippen LogP contribution in [0.5, 0.6) is 0 Å². The molecule has 0 aromatic heterocycles. The zero-order valence-corrected chi connectivity index (χ0v) is 9.44. The minimum atomic E-state index is 0.654. The van der Waals surface area contributed by atoms with Gasteiger partial charge >= 0.3 is 0 Å². The maximum atomic E-state index is 5.27. The Labute approximate surface area is 92.1 Å². The van der Waals surface area contributed by atoms with Crippen molar-refractivity contribution in [3.63, 3.8) is 0 Å². The average Bonchev–Trinajstić information content (AvgIpc) is 2.25. The molecule has 0 spiro atoms. The lowest BCUT2D eigenvalue weighted by molar-refractivity contribution is 0.288. The van der Waals surface area contributed by atoms with Crippen LogP contribution in [0.1, 0.15) is 18.1 Å². The maximum Gasteiger partial charge on any atom is 0.105 e. The topological polar surface area (TPSA) is 9.23 Å². The molecule has 80 valence electrons. The summed E-state index contributed by atoms with van der Waals surface area (Å²) in [4.78, 5) is 0. The lowest BCUT2D eigenvalue weighted by Crippen LogP contribution is -1.86. The molecule has 1 aromatic carbocycles. The molecule has 1 aromatic rings. The van der Waals surface area contributed by atoms with Gasteiger partial charge in [0.05, 0.1) is 6.26 Å². The summed E-state index contributed by atoms with van der Waals surface area (Å²) in [6.45, 7) is 4.77. The van der Waals surface area contributed by atoms with E-state index in [0.29, 0.717) is 6.61 Å². The van der Waals surface area contributed by atoms with Gasteiger partial charge in [-0.1, -0.05) is 36.4 Å². The van der Waals surface area contributed by atoms with Crippen LogP contribution in [0.3, 0.4) is 0 Å². The van der Waals surface area contributed by atoms with Crippen molar-refractivity contribution in [2.75, 3.05) is 6.61 Å². The molecule has 1 rings (SSSR count). The molecule has 0 unspecified atom stereocenters. The number of benzene rings is 1.